The van der Waals surface area contributed by atoms with Gasteiger partial charge in [-0.2, -0.15) is 9.97 Å². The Kier molecular flexibility index (Phi) is 2.24. The number of aromatic nitrogens is 2. The van der Waals surface area contributed by atoms with Gasteiger partial charge in [0.2, 0.25) is 5.95 Å². The normalized spacial score (nSPS) is 10.2. The van der Waals surface area contributed by atoms with E-state index in [1.165, 1.54) is 6.07 Å². The largest absolute Gasteiger partial charge is 0.508 e. The maximum Gasteiger partial charge on any atom is 0.223 e. The van der Waals surface area contributed by atoms with Crippen LogP contribution in [0.5, 0.6) is 5.75 Å². The maximum atomic E-state index is 9.36. The Morgan fingerprint density at radius 1 is 1.00 bits per heavy atom. The lowest BCUT2D eigenvalue weighted by atomic mass is 10.1. The molecule has 0 saturated heterocycles. The second-order valence-corrected chi connectivity index (χ2v) is 3.28. The van der Waals surface area contributed by atoms with Gasteiger partial charge in [0, 0.05) is 0 Å². The number of benzene rings is 1. The minimum absolute atomic E-state index is 0.0268. The summed E-state index contributed by atoms with van der Waals surface area (Å²) in [4.78, 5) is 7.65. The van der Waals surface area contributed by atoms with E-state index in [2.05, 4.69) is 9.97 Å². The minimum atomic E-state index is 0.0268. The molecule has 16 heavy (non-hydrogen) atoms. The molecule has 6 heteroatoms. The summed E-state index contributed by atoms with van der Waals surface area (Å²) >= 11 is 0. The van der Waals surface area contributed by atoms with Gasteiger partial charge in [-0.1, -0.05) is 12.1 Å². The molecule has 0 amide bonds. The summed E-state index contributed by atoms with van der Waals surface area (Å²) in [5.74, 6) is 0.526. The number of anilines is 3. The zero-order chi connectivity index (χ0) is 11.7. The molecule has 0 atom stereocenters. The molecule has 0 unspecified atom stereocenters. The first-order valence-corrected chi connectivity index (χ1v) is 4.56. The predicted molar refractivity (Wildman–Crippen MR) is 62.4 cm³/mol. The van der Waals surface area contributed by atoms with Gasteiger partial charge in [0.25, 0.3) is 0 Å². The molecule has 0 aliphatic heterocycles. The standard InChI is InChI=1S/C10H11N5O/c11-8-7(9(12)15-10(13)14-8)5-2-1-3-6(16)4-5/h1-4,16H,(H6,11,12,13,14,15). The van der Waals surface area contributed by atoms with Gasteiger partial charge < -0.3 is 22.3 Å². The van der Waals surface area contributed by atoms with E-state index in [0.717, 1.165) is 0 Å². The summed E-state index contributed by atoms with van der Waals surface area (Å²) in [6, 6.07) is 6.51. The summed E-state index contributed by atoms with van der Waals surface area (Å²) in [6.45, 7) is 0. The number of phenolic OH excluding ortho intramolecular Hbond substituents is 1. The smallest absolute Gasteiger partial charge is 0.223 e. The highest BCUT2D eigenvalue weighted by Crippen LogP contribution is 2.31. The fourth-order valence-corrected chi connectivity index (χ4v) is 1.47. The van der Waals surface area contributed by atoms with Gasteiger partial charge in [0.15, 0.2) is 0 Å². The monoisotopic (exact) mass is 217 g/mol. The van der Waals surface area contributed by atoms with Crippen LogP contribution in [-0.4, -0.2) is 15.1 Å². The van der Waals surface area contributed by atoms with Crippen LogP contribution in [0.2, 0.25) is 0 Å². The molecule has 7 N–H and O–H groups in total. The van der Waals surface area contributed by atoms with Gasteiger partial charge in [-0.05, 0) is 17.7 Å². The summed E-state index contributed by atoms with van der Waals surface area (Å²) < 4.78 is 0. The van der Waals surface area contributed by atoms with Crippen molar-refractivity contribution in [2.24, 2.45) is 0 Å². The topological polar surface area (TPSA) is 124 Å². The van der Waals surface area contributed by atoms with E-state index in [4.69, 9.17) is 17.2 Å². The van der Waals surface area contributed by atoms with Gasteiger partial charge in [0.1, 0.15) is 17.4 Å². The molecule has 2 rings (SSSR count). The van der Waals surface area contributed by atoms with E-state index in [9.17, 15) is 5.11 Å². The lowest BCUT2D eigenvalue weighted by Gasteiger charge is -2.08. The molecule has 0 radical (unpaired) electrons. The molecule has 1 aromatic carbocycles. The van der Waals surface area contributed by atoms with Crippen molar-refractivity contribution in [2.45, 2.75) is 0 Å². The first kappa shape index (κ1) is 10.0. The van der Waals surface area contributed by atoms with Gasteiger partial charge >= 0.3 is 0 Å². The molecule has 0 saturated carbocycles. The molecule has 6 nitrogen and oxygen atoms in total. The maximum absolute atomic E-state index is 9.36. The molecule has 1 aromatic heterocycles. The van der Waals surface area contributed by atoms with Crippen LogP contribution in [0.1, 0.15) is 0 Å². The average molecular weight is 217 g/mol. The molecular weight excluding hydrogens is 206 g/mol. The number of nitrogens with two attached hydrogens (primary N) is 3. The van der Waals surface area contributed by atoms with Crippen molar-refractivity contribution in [3.8, 4) is 16.9 Å². The van der Waals surface area contributed by atoms with E-state index in [0.29, 0.717) is 11.1 Å². The SMILES string of the molecule is Nc1nc(N)c(-c2cccc(O)c2)c(N)n1. The van der Waals surface area contributed by atoms with Crippen LogP contribution in [0.4, 0.5) is 17.6 Å². The van der Waals surface area contributed by atoms with Crippen molar-refractivity contribution in [1.29, 1.82) is 0 Å². The molecule has 0 aliphatic rings. The van der Waals surface area contributed by atoms with Gasteiger partial charge in [-0.15, -0.1) is 0 Å². The average Bonchev–Trinajstić information content (AvgIpc) is 2.15. The molecule has 0 fully saturated rings. The molecule has 82 valence electrons. The molecule has 1 heterocycles. The van der Waals surface area contributed by atoms with E-state index in [-0.39, 0.29) is 23.3 Å². The Balaban J connectivity index is 2.64. The van der Waals surface area contributed by atoms with Crippen LogP contribution >= 0.6 is 0 Å². The Hall–Kier alpha value is -2.50. The van der Waals surface area contributed by atoms with E-state index in [1.807, 2.05) is 0 Å². The zero-order valence-electron chi connectivity index (χ0n) is 8.38. The lowest BCUT2D eigenvalue weighted by molar-refractivity contribution is 0.475. The fourth-order valence-electron chi connectivity index (χ4n) is 1.47. The molecular formula is C10H11N5O. The molecule has 0 aliphatic carbocycles. The van der Waals surface area contributed by atoms with Gasteiger partial charge in [0.05, 0.1) is 5.56 Å². The van der Waals surface area contributed by atoms with Crippen LogP contribution in [0.15, 0.2) is 24.3 Å². The first-order valence-electron chi connectivity index (χ1n) is 4.56. The molecule has 0 bridgehead atoms. The Morgan fingerprint density at radius 2 is 1.62 bits per heavy atom. The molecule has 0 spiro atoms. The van der Waals surface area contributed by atoms with Crippen LogP contribution < -0.4 is 17.2 Å². The highest BCUT2D eigenvalue weighted by atomic mass is 16.3. The van der Waals surface area contributed by atoms with Crippen molar-refractivity contribution < 1.29 is 5.11 Å². The highest BCUT2D eigenvalue weighted by molar-refractivity contribution is 5.83. The van der Waals surface area contributed by atoms with Crippen molar-refractivity contribution in [1.82, 2.24) is 9.97 Å². The summed E-state index contributed by atoms with van der Waals surface area (Å²) in [7, 11) is 0. The van der Waals surface area contributed by atoms with E-state index in [1.54, 1.807) is 18.2 Å². The van der Waals surface area contributed by atoms with Crippen molar-refractivity contribution in [3.63, 3.8) is 0 Å². The second kappa shape index (κ2) is 3.58. The third kappa shape index (κ3) is 1.68. The summed E-state index contributed by atoms with van der Waals surface area (Å²) in [5, 5.41) is 9.36. The van der Waals surface area contributed by atoms with Crippen LogP contribution in [0.25, 0.3) is 11.1 Å². The third-order valence-corrected chi connectivity index (χ3v) is 2.12. The number of hydrogen-bond acceptors (Lipinski definition) is 6. The highest BCUT2D eigenvalue weighted by Gasteiger charge is 2.11. The summed E-state index contributed by atoms with van der Waals surface area (Å²) in [6.07, 6.45) is 0. The Labute approximate surface area is 91.7 Å². The quantitative estimate of drug-likeness (QED) is 0.554. The Morgan fingerprint density at radius 3 is 2.19 bits per heavy atom. The fraction of sp³-hybridized carbons (Fsp3) is 0. The number of hydrogen-bond donors (Lipinski definition) is 4. The number of phenols is 1. The van der Waals surface area contributed by atoms with Crippen LogP contribution in [-0.2, 0) is 0 Å². The van der Waals surface area contributed by atoms with Crippen molar-refractivity contribution in [3.05, 3.63) is 24.3 Å². The number of nitrogen functional groups attached to an aromatic ring is 3. The Bertz CT molecular complexity index is 517. The minimum Gasteiger partial charge on any atom is -0.508 e. The predicted octanol–water partition coefficient (Wildman–Crippen LogP) is 0.596. The third-order valence-electron chi connectivity index (χ3n) is 2.12. The second-order valence-electron chi connectivity index (χ2n) is 3.28. The van der Waals surface area contributed by atoms with E-state index < -0.39 is 0 Å². The van der Waals surface area contributed by atoms with Gasteiger partial charge in [-0.3, -0.25) is 0 Å². The number of aromatic hydroxyl groups is 1. The van der Waals surface area contributed by atoms with Gasteiger partial charge in [-0.25, -0.2) is 0 Å². The number of rotatable bonds is 1. The van der Waals surface area contributed by atoms with Crippen LogP contribution in [0, 0.1) is 0 Å². The van der Waals surface area contributed by atoms with Crippen molar-refractivity contribution >= 4 is 17.6 Å². The first-order chi connectivity index (χ1) is 7.58. The van der Waals surface area contributed by atoms with Crippen LogP contribution in [0.3, 0.4) is 0 Å². The summed E-state index contributed by atoms with van der Waals surface area (Å²) in [5.41, 5.74) is 18.0. The molecule has 2 aromatic rings. The lowest BCUT2D eigenvalue weighted by Crippen LogP contribution is -2.06. The zero-order valence-corrected chi connectivity index (χ0v) is 8.38. The van der Waals surface area contributed by atoms with E-state index >= 15 is 0 Å². The number of nitrogens with zero attached hydrogens (tertiary/aromatic N) is 2. The van der Waals surface area contributed by atoms with Crippen molar-refractivity contribution in [2.75, 3.05) is 17.2 Å².